The number of nitrogens with one attached hydrogen (secondary N) is 1. The fourth-order valence-electron chi connectivity index (χ4n) is 2.05. The van der Waals surface area contributed by atoms with Gasteiger partial charge in [0.25, 0.3) is 5.91 Å². The first-order chi connectivity index (χ1) is 10.1. The molecule has 0 unspecified atom stereocenters. The number of hydrogen-bond donors (Lipinski definition) is 2. The van der Waals surface area contributed by atoms with Gasteiger partial charge in [-0.3, -0.25) is 10.6 Å². The highest BCUT2D eigenvalue weighted by atomic mass is 16.5. The third-order valence-electron chi connectivity index (χ3n) is 3.19. The van der Waals surface area contributed by atoms with Crippen molar-refractivity contribution >= 4 is 11.6 Å². The van der Waals surface area contributed by atoms with E-state index in [1.54, 1.807) is 25.2 Å². The maximum Gasteiger partial charge on any atom is 0.256 e. The van der Waals surface area contributed by atoms with E-state index in [0.717, 1.165) is 12.0 Å². The third-order valence-corrected chi connectivity index (χ3v) is 3.19. The van der Waals surface area contributed by atoms with Crippen LogP contribution in [-0.4, -0.2) is 51.3 Å². The number of aryl methyl sites for hydroxylation is 1. The van der Waals surface area contributed by atoms with Crippen molar-refractivity contribution in [2.75, 3.05) is 45.9 Å². The van der Waals surface area contributed by atoms with Gasteiger partial charge in [0.2, 0.25) is 0 Å². The Balaban J connectivity index is 2.87. The van der Waals surface area contributed by atoms with Crippen LogP contribution in [-0.2, 0) is 9.47 Å². The molecule has 0 saturated carbocycles. The molecule has 6 nitrogen and oxygen atoms in total. The number of carbonyl (C=O) groups excluding carboxylic acids is 1. The van der Waals surface area contributed by atoms with Crippen molar-refractivity contribution in [1.82, 2.24) is 4.90 Å². The first-order valence-electron chi connectivity index (χ1n) is 6.98. The van der Waals surface area contributed by atoms with E-state index in [0.29, 0.717) is 37.6 Å². The summed E-state index contributed by atoms with van der Waals surface area (Å²) in [4.78, 5) is 14.4. The molecule has 118 valence electrons. The number of anilines is 1. The zero-order valence-corrected chi connectivity index (χ0v) is 13.0. The molecule has 0 fully saturated rings. The molecule has 1 aromatic carbocycles. The fraction of sp³-hybridized carbons (Fsp3) is 0.533. The van der Waals surface area contributed by atoms with Crippen LogP contribution in [0.4, 0.5) is 5.69 Å². The van der Waals surface area contributed by atoms with Crippen LogP contribution in [0.15, 0.2) is 18.2 Å². The number of nitrogens with two attached hydrogens (primary N) is 1. The average Bonchev–Trinajstić information content (AvgIpc) is 2.50. The van der Waals surface area contributed by atoms with Gasteiger partial charge in [-0.2, -0.15) is 0 Å². The van der Waals surface area contributed by atoms with Gasteiger partial charge in [-0.15, -0.1) is 0 Å². The van der Waals surface area contributed by atoms with E-state index in [-0.39, 0.29) is 5.91 Å². The lowest BCUT2D eigenvalue weighted by Gasteiger charge is -2.23. The van der Waals surface area contributed by atoms with Crippen molar-refractivity contribution in [3.8, 4) is 0 Å². The Morgan fingerprint density at radius 1 is 1.24 bits per heavy atom. The third kappa shape index (κ3) is 5.34. The first-order valence-corrected chi connectivity index (χ1v) is 6.98. The summed E-state index contributed by atoms with van der Waals surface area (Å²) in [6.45, 7) is 4.23. The zero-order chi connectivity index (χ0) is 15.7. The summed E-state index contributed by atoms with van der Waals surface area (Å²) in [6.07, 6.45) is 0.781. The Morgan fingerprint density at radius 2 is 1.95 bits per heavy atom. The number of nitrogen functional groups attached to an aromatic ring is 1. The highest BCUT2D eigenvalue weighted by molar-refractivity contribution is 5.99. The molecule has 1 amide bonds. The summed E-state index contributed by atoms with van der Waals surface area (Å²) in [5.74, 6) is 5.45. The minimum atomic E-state index is -0.0592. The van der Waals surface area contributed by atoms with E-state index in [9.17, 15) is 4.79 Å². The van der Waals surface area contributed by atoms with E-state index >= 15 is 0 Å². The van der Waals surface area contributed by atoms with Gasteiger partial charge in [-0.1, -0.05) is 6.07 Å². The van der Waals surface area contributed by atoms with Crippen LogP contribution in [0.3, 0.4) is 0 Å². The van der Waals surface area contributed by atoms with Crippen LogP contribution < -0.4 is 11.3 Å². The molecule has 0 atom stereocenters. The molecule has 0 heterocycles. The average molecular weight is 295 g/mol. The Labute approximate surface area is 126 Å². The molecule has 1 aromatic rings. The fourth-order valence-corrected chi connectivity index (χ4v) is 2.05. The number of nitrogens with zero attached hydrogens (tertiary/aromatic N) is 1. The van der Waals surface area contributed by atoms with Crippen molar-refractivity contribution in [2.45, 2.75) is 13.3 Å². The Bertz CT molecular complexity index is 452. The number of hydrogen-bond acceptors (Lipinski definition) is 5. The monoisotopic (exact) mass is 295 g/mol. The number of benzene rings is 1. The van der Waals surface area contributed by atoms with Gasteiger partial charge in [0, 0.05) is 33.9 Å². The maximum absolute atomic E-state index is 12.7. The number of ether oxygens (including phenoxy) is 2. The molecule has 0 bridgehead atoms. The molecule has 0 aliphatic heterocycles. The number of methoxy groups -OCH3 is 2. The summed E-state index contributed by atoms with van der Waals surface area (Å²) in [6, 6.07) is 5.55. The molecule has 0 aliphatic rings. The molecular formula is C15H25N3O3. The van der Waals surface area contributed by atoms with Gasteiger partial charge in [0.1, 0.15) is 0 Å². The number of hydrazine groups is 1. The van der Waals surface area contributed by atoms with Gasteiger partial charge in [-0.25, -0.2) is 0 Å². The molecule has 0 spiro atoms. The lowest BCUT2D eigenvalue weighted by Crippen LogP contribution is -2.36. The van der Waals surface area contributed by atoms with E-state index in [2.05, 4.69) is 5.43 Å². The van der Waals surface area contributed by atoms with Crippen LogP contribution >= 0.6 is 0 Å². The largest absolute Gasteiger partial charge is 0.385 e. The summed E-state index contributed by atoms with van der Waals surface area (Å²) in [7, 11) is 3.27. The van der Waals surface area contributed by atoms with Crippen molar-refractivity contribution in [3.63, 3.8) is 0 Å². The minimum absolute atomic E-state index is 0.0592. The van der Waals surface area contributed by atoms with E-state index in [1.807, 2.05) is 19.1 Å². The topological polar surface area (TPSA) is 76.8 Å². The second-order valence-corrected chi connectivity index (χ2v) is 4.82. The Kier molecular flexibility index (Phi) is 7.74. The maximum atomic E-state index is 12.7. The SMILES string of the molecule is COCCCN(CCOC)C(=O)c1ccc(C)cc1NN. The Hall–Kier alpha value is -1.63. The van der Waals surface area contributed by atoms with Crippen molar-refractivity contribution in [1.29, 1.82) is 0 Å². The number of rotatable bonds is 9. The molecule has 0 radical (unpaired) electrons. The Morgan fingerprint density at radius 3 is 2.57 bits per heavy atom. The van der Waals surface area contributed by atoms with Crippen LogP contribution in [0, 0.1) is 6.92 Å². The van der Waals surface area contributed by atoms with Crippen LogP contribution in [0.1, 0.15) is 22.3 Å². The van der Waals surface area contributed by atoms with Crippen LogP contribution in [0.2, 0.25) is 0 Å². The van der Waals surface area contributed by atoms with E-state index in [1.165, 1.54) is 0 Å². The molecule has 3 N–H and O–H groups in total. The summed E-state index contributed by atoms with van der Waals surface area (Å²) in [5.41, 5.74) is 4.84. The second kappa shape index (κ2) is 9.33. The summed E-state index contributed by atoms with van der Waals surface area (Å²) < 4.78 is 10.1. The van der Waals surface area contributed by atoms with Crippen molar-refractivity contribution in [3.05, 3.63) is 29.3 Å². The molecule has 0 saturated heterocycles. The second-order valence-electron chi connectivity index (χ2n) is 4.82. The lowest BCUT2D eigenvalue weighted by atomic mass is 10.1. The normalized spacial score (nSPS) is 10.5. The summed E-state index contributed by atoms with van der Waals surface area (Å²) >= 11 is 0. The highest BCUT2D eigenvalue weighted by Gasteiger charge is 2.18. The standard InChI is InChI=1S/C15H25N3O3/c1-12-5-6-13(14(11-12)17-16)15(19)18(8-10-21-3)7-4-9-20-2/h5-6,11,17H,4,7-10,16H2,1-3H3. The summed E-state index contributed by atoms with van der Waals surface area (Å²) in [5, 5.41) is 0. The van der Waals surface area contributed by atoms with Gasteiger partial charge in [0.15, 0.2) is 0 Å². The van der Waals surface area contributed by atoms with Gasteiger partial charge in [-0.05, 0) is 31.0 Å². The molecule has 0 aromatic heterocycles. The van der Waals surface area contributed by atoms with Crippen LogP contribution in [0.5, 0.6) is 0 Å². The van der Waals surface area contributed by atoms with Gasteiger partial charge < -0.3 is 19.8 Å². The number of amides is 1. The zero-order valence-electron chi connectivity index (χ0n) is 13.0. The molecule has 0 aliphatic carbocycles. The highest BCUT2D eigenvalue weighted by Crippen LogP contribution is 2.18. The smallest absolute Gasteiger partial charge is 0.256 e. The van der Waals surface area contributed by atoms with E-state index < -0.39 is 0 Å². The molecular weight excluding hydrogens is 270 g/mol. The van der Waals surface area contributed by atoms with Crippen LogP contribution in [0.25, 0.3) is 0 Å². The predicted molar refractivity (Wildman–Crippen MR) is 83.3 cm³/mol. The van der Waals surface area contributed by atoms with Gasteiger partial charge >= 0.3 is 0 Å². The molecule has 1 rings (SSSR count). The lowest BCUT2D eigenvalue weighted by molar-refractivity contribution is 0.0675. The molecule has 21 heavy (non-hydrogen) atoms. The van der Waals surface area contributed by atoms with Gasteiger partial charge in [0.05, 0.1) is 17.9 Å². The van der Waals surface area contributed by atoms with Crippen molar-refractivity contribution < 1.29 is 14.3 Å². The van der Waals surface area contributed by atoms with Crippen molar-refractivity contribution in [2.24, 2.45) is 5.84 Å². The quantitative estimate of drug-likeness (QED) is 0.409. The minimum Gasteiger partial charge on any atom is -0.385 e. The van der Waals surface area contributed by atoms with E-state index in [4.69, 9.17) is 15.3 Å². The molecule has 6 heteroatoms. The first kappa shape index (κ1) is 17.4. The predicted octanol–water partition coefficient (Wildman–Crippen LogP) is 1.41. The number of carbonyl (C=O) groups is 1.